The molecule has 0 aromatic carbocycles. The molecule has 0 radical (unpaired) electrons. The summed E-state index contributed by atoms with van der Waals surface area (Å²) in [6.45, 7) is 6.97. The Balaban J connectivity index is 1.95. The van der Waals surface area contributed by atoms with Crippen LogP contribution in [0.4, 0.5) is 0 Å². The van der Waals surface area contributed by atoms with Crippen molar-refractivity contribution in [1.82, 2.24) is 10.2 Å². The Morgan fingerprint density at radius 1 is 1.44 bits per heavy atom. The van der Waals surface area contributed by atoms with Crippen LogP contribution < -0.4 is 11.1 Å². The number of nitrogens with two attached hydrogens (primary N) is 1. The van der Waals surface area contributed by atoms with Crippen molar-refractivity contribution >= 4 is 5.91 Å². The number of amides is 1. The summed E-state index contributed by atoms with van der Waals surface area (Å²) >= 11 is 0. The van der Waals surface area contributed by atoms with E-state index in [9.17, 15) is 4.79 Å². The van der Waals surface area contributed by atoms with Gasteiger partial charge in [0.2, 0.25) is 5.91 Å². The van der Waals surface area contributed by atoms with E-state index in [4.69, 9.17) is 5.73 Å². The Labute approximate surface area is 98.6 Å². The SMILES string of the molecule is CC(CN)CC(=O)NCCCN1CCCC1. The predicted molar refractivity (Wildman–Crippen MR) is 66.1 cm³/mol. The van der Waals surface area contributed by atoms with E-state index in [-0.39, 0.29) is 5.91 Å². The van der Waals surface area contributed by atoms with Gasteiger partial charge in [-0.05, 0) is 51.4 Å². The molecular formula is C12H25N3O. The van der Waals surface area contributed by atoms with E-state index in [2.05, 4.69) is 10.2 Å². The topological polar surface area (TPSA) is 58.4 Å². The third-order valence-corrected chi connectivity index (χ3v) is 3.11. The highest BCUT2D eigenvalue weighted by atomic mass is 16.1. The maximum absolute atomic E-state index is 11.4. The summed E-state index contributed by atoms with van der Waals surface area (Å²) in [5.74, 6) is 0.429. The van der Waals surface area contributed by atoms with Crippen LogP contribution in [0.5, 0.6) is 0 Å². The van der Waals surface area contributed by atoms with Crippen molar-refractivity contribution in [2.24, 2.45) is 11.7 Å². The lowest BCUT2D eigenvalue weighted by Gasteiger charge is -2.14. The van der Waals surface area contributed by atoms with Crippen molar-refractivity contribution in [2.75, 3.05) is 32.7 Å². The molecular weight excluding hydrogens is 202 g/mol. The molecule has 1 fully saturated rings. The highest BCUT2D eigenvalue weighted by molar-refractivity contribution is 5.76. The maximum Gasteiger partial charge on any atom is 0.220 e. The fraction of sp³-hybridized carbons (Fsp3) is 0.917. The van der Waals surface area contributed by atoms with E-state index < -0.39 is 0 Å². The second-order valence-corrected chi connectivity index (χ2v) is 4.80. The van der Waals surface area contributed by atoms with E-state index >= 15 is 0 Å². The van der Waals surface area contributed by atoms with Crippen molar-refractivity contribution < 1.29 is 4.79 Å². The van der Waals surface area contributed by atoms with Gasteiger partial charge in [-0.15, -0.1) is 0 Å². The van der Waals surface area contributed by atoms with Crippen LogP contribution in [0, 0.1) is 5.92 Å². The molecule has 16 heavy (non-hydrogen) atoms. The number of nitrogens with one attached hydrogen (secondary N) is 1. The van der Waals surface area contributed by atoms with Crippen LogP contribution in [0.15, 0.2) is 0 Å². The first-order valence-electron chi connectivity index (χ1n) is 6.41. The Morgan fingerprint density at radius 2 is 2.12 bits per heavy atom. The average molecular weight is 227 g/mol. The molecule has 0 spiro atoms. The van der Waals surface area contributed by atoms with Crippen molar-refractivity contribution in [2.45, 2.75) is 32.6 Å². The number of rotatable bonds is 7. The van der Waals surface area contributed by atoms with Crippen LogP contribution in [0.3, 0.4) is 0 Å². The molecule has 1 aliphatic rings. The predicted octanol–water partition coefficient (Wildman–Crippen LogP) is 0.573. The third kappa shape index (κ3) is 5.47. The molecule has 1 aliphatic heterocycles. The van der Waals surface area contributed by atoms with Crippen LogP contribution >= 0.6 is 0 Å². The van der Waals surface area contributed by atoms with Gasteiger partial charge in [0, 0.05) is 13.0 Å². The van der Waals surface area contributed by atoms with Gasteiger partial charge in [0.1, 0.15) is 0 Å². The minimum atomic E-state index is 0.138. The largest absolute Gasteiger partial charge is 0.356 e. The first-order chi connectivity index (χ1) is 7.72. The molecule has 1 saturated heterocycles. The fourth-order valence-corrected chi connectivity index (χ4v) is 2.01. The van der Waals surface area contributed by atoms with E-state index in [1.165, 1.54) is 25.9 Å². The van der Waals surface area contributed by atoms with Gasteiger partial charge in [0.05, 0.1) is 0 Å². The average Bonchev–Trinajstić information content (AvgIpc) is 2.77. The molecule has 4 heteroatoms. The fourth-order valence-electron chi connectivity index (χ4n) is 2.01. The standard InChI is InChI=1S/C12H25N3O/c1-11(10-13)9-12(16)14-5-4-8-15-6-2-3-7-15/h11H,2-10,13H2,1H3,(H,14,16). The summed E-state index contributed by atoms with van der Waals surface area (Å²) in [6, 6.07) is 0. The van der Waals surface area contributed by atoms with Gasteiger partial charge in [-0.3, -0.25) is 4.79 Å². The zero-order chi connectivity index (χ0) is 11.8. The smallest absolute Gasteiger partial charge is 0.220 e. The van der Waals surface area contributed by atoms with Crippen molar-refractivity contribution in [3.05, 3.63) is 0 Å². The molecule has 0 saturated carbocycles. The monoisotopic (exact) mass is 227 g/mol. The van der Waals surface area contributed by atoms with Gasteiger partial charge in [-0.2, -0.15) is 0 Å². The number of hydrogen-bond acceptors (Lipinski definition) is 3. The van der Waals surface area contributed by atoms with Gasteiger partial charge in [0.25, 0.3) is 0 Å². The normalized spacial score (nSPS) is 18.6. The highest BCUT2D eigenvalue weighted by Crippen LogP contribution is 2.06. The minimum absolute atomic E-state index is 0.138. The van der Waals surface area contributed by atoms with Gasteiger partial charge >= 0.3 is 0 Å². The van der Waals surface area contributed by atoms with E-state index in [0.29, 0.717) is 18.9 Å². The Kier molecular flexibility index (Phi) is 6.42. The summed E-state index contributed by atoms with van der Waals surface area (Å²) < 4.78 is 0. The summed E-state index contributed by atoms with van der Waals surface area (Å²) in [5, 5.41) is 2.95. The molecule has 0 aromatic rings. The summed E-state index contributed by atoms with van der Waals surface area (Å²) in [5.41, 5.74) is 5.47. The van der Waals surface area contributed by atoms with Gasteiger partial charge in [0.15, 0.2) is 0 Å². The number of likely N-dealkylation sites (tertiary alicyclic amines) is 1. The van der Waals surface area contributed by atoms with Crippen molar-refractivity contribution in [1.29, 1.82) is 0 Å². The zero-order valence-electron chi connectivity index (χ0n) is 10.4. The quantitative estimate of drug-likeness (QED) is 0.625. The molecule has 4 nitrogen and oxygen atoms in total. The van der Waals surface area contributed by atoms with Gasteiger partial charge in [-0.1, -0.05) is 6.92 Å². The second kappa shape index (κ2) is 7.63. The van der Waals surface area contributed by atoms with Crippen LogP contribution in [-0.2, 0) is 4.79 Å². The van der Waals surface area contributed by atoms with Gasteiger partial charge < -0.3 is 16.0 Å². The van der Waals surface area contributed by atoms with Crippen molar-refractivity contribution in [3.63, 3.8) is 0 Å². The Bertz CT molecular complexity index is 202. The lowest BCUT2D eigenvalue weighted by Crippen LogP contribution is -2.30. The third-order valence-electron chi connectivity index (χ3n) is 3.11. The van der Waals surface area contributed by atoms with Crippen molar-refractivity contribution in [3.8, 4) is 0 Å². The van der Waals surface area contributed by atoms with E-state index in [1.54, 1.807) is 0 Å². The van der Waals surface area contributed by atoms with Crippen LogP contribution in [0.2, 0.25) is 0 Å². The molecule has 1 atom stereocenters. The lowest BCUT2D eigenvalue weighted by atomic mass is 10.1. The van der Waals surface area contributed by atoms with E-state index in [0.717, 1.165) is 19.5 Å². The molecule has 3 N–H and O–H groups in total. The van der Waals surface area contributed by atoms with E-state index in [1.807, 2.05) is 6.92 Å². The van der Waals surface area contributed by atoms with Crippen LogP contribution in [-0.4, -0.2) is 43.5 Å². The highest BCUT2D eigenvalue weighted by Gasteiger charge is 2.11. The molecule has 94 valence electrons. The molecule has 1 amide bonds. The molecule has 1 unspecified atom stereocenters. The number of carbonyl (C=O) groups excluding carboxylic acids is 1. The Morgan fingerprint density at radius 3 is 2.75 bits per heavy atom. The number of nitrogens with zero attached hydrogens (tertiary/aromatic N) is 1. The summed E-state index contributed by atoms with van der Waals surface area (Å²) in [7, 11) is 0. The number of carbonyl (C=O) groups is 1. The second-order valence-electron chi connectivity index (χ2n) is 4.80. The summed E-state index contributed by atoms with van der Waals surface area (Å²) in [4.78, 5) is 13.9. The first kappa shape index (κ1) is 13.5. The lowest BCUT2D eigenvalue weighted by molar-refractivity contribution is -0.121. The molecule has 0 aliphatic carbocycles. The molecule has 1 rings (SSSR count). The minimum Gasteiger partial charge on any atom is -0.356 e. The molecule has 1 heterocycles. The number of hydrogen-bond donors (Lipinski definition) is 2. The van der Waals surface area contributed by atoms with Crippen LogP contribution in [0.25, 0.3) is 0 Å². The Hall–Kier alpha value is -0.610. The summed E-state index contributed by atoms with van der Waals surface area (Å²) in [6.07, 6.45) is 4.28. The molecule has 0 bridgehead atoms. The molecule has 0 aromatic heterocycles. The first-order valence-corrected chi connectivity index (χ1v) is 6.41. The van der Waals surface area contributed by atoms with Gasteiger partial charge in [-0.25, -0.2) is 0 Å². The maximum atomic E-state index is 11.4. The van der Waals surface area contributed by atoms with Crippen LogP contribution in [0.1, 0.15) is 32.6 Å². The zero-order valence-corrected chi connectivity index (χ0v) is 10.4.